The van der Waals surface area contributed by atoms with Crippen molar-refractivity contribution in [3.63, 3.8) is 0 Å². The van der Waals surface area contributed by atoms with Gasteiger partial charge in [-0.15, -0.1) is 0 Å². The Morgan fingerprint density at radius 3 is 2.42 bits per heavy atom. The summed E-state index contributed by atoms with van der Waals surface area (Å²) < 4.78 is 1.79. The molecule has 33 heavy (non-hydrogen) atoms. The molecule has 1 atom stereocenters. The van der Waals surface area contributed by atoms with E-state index in [9.17, 15) is 4.79 Å². The first-order valence-corrected chi connectivity index (χ1v) is 11.1. The van der Waals surface area contributed by atoms with Crippen LogP contribution in [-0.2, 0) is 12.0 Å². The van der Waals surface area contributed by atoms with Gasteiger partial charge in [0, 0.05) is 47.9 Å². The number of nitrogens with two attached hydrogens (primary N) is 2. The van der Waals surface area contributed by atoms with Crippen LogP contribution in [0.4, 0.5) is 5.95 Å². The number of anilines is 1. The van der Waals surface area contributed by atoms with Gasteiger partial charge in [-0.2, -0.15) is 5.10 Å². The number of benzene rings is 1. The normalized spacial score (nSPS) is 16.1. The number of carbonyl (C=O) groups excluding carboxylic acids is 1. The van der Waals surface area contributed by atoms with Crippen LogP contribution in [0, 0.1) is 5.92 Å². The average Bonchev–Trinajstić information content (AvgIpc) is 3.55. The van der Waals surface area contributed by atoms with Gasteiger partial charge in [-0.25, -0.2) is 9.97 Å². The van der Waals surface area contributed by atoms with Gasteiger partial charge in [0.2, 0.25) is 5.95 Å². The van der Waals surface area contributed by atoms with E-state index in [1.165, 1.54) is 0 Å². The number of aromatic nitrogens is 4. The number of rotatable bonds is 9. The lowest BCUT2D eigenvalue weighted by Gasteiger charge is -2.31. The first-order valence-electron chi connectivity index (χ1n) is 11.1. The molecule has 4 rings (SSSR count). The Morgan fingerprint density at radius 1 is 1.15 bits per heavy atom. The van der Waals surface area contributed by atoms with E-state index in [1.54, 1.807) is 35.5 Å². The quantitative estimate of drug-likeness (QED) is 0.384. The number of hydrogen-bond donors (Lipinski definition) is 2. The van der Waals surface area contributed by atoms with Gasteiger partial charge >= 0.3 is 0 Å². The molecule has 2 aromatic heterocycles. The maximum absolute atomic E-state index is 12.9. The van der Waals surface area contributed by atoms with Crippen molar-refractivity contribution in [1.82, 2.24) is 24.6 Å². The van der Waals surface area contributed by atoms with Gasteiger partial charge < -0.3 is 16.4 Å². The van der Waals surface area contributed by atoms with Gasteiger partial charge in [-0.3, -0.25) is 9.48 Å². The molecule has 1 aliphatic rings. The summed E-state index contributed by atoms with van der Waals surface area (Å²) in [6, 6.07) is 8.23. The van der Waals surface area contributed by atoms with Gasteiger partial charge in [0.25, 0.3) is 0 Å². The molecule has 1 saturated carbocycles. The lowest BCUT2D eigenvalue weighted by atomic mass is 9.74. The van der Waals surface area contributed by atoms with Gasteiger partial charge in [-0.1, -0.05) is 24.3 Å². The van der Waals surface area contributed by atoms with E-state index < -0.39 is 5.41 Å². The van der Waals surface area contributed by atoms with Crippen molar-refractivity contribution < 1.29 is 4.79 Å². The van der Waals surface area contributed by atoms with E-state index >= 15 is 0 Å². The number of ketones is 1. The molecule has 172 valence electrons. The predicted octanol–water partition coefficient (Wildman–Crippen LogP) is 2.88. The van der Waals surface area contributed by atoms with Crippen LogP contribution in [0.3, 0.4) is 0 Å². The van der Waals surface area contributed by atoms with Crippen LogP contribution in [0.5, 0.6) is 0 Å². The number of likely N-dealkylation sites (N-methyl/N-ethyl adjacent to an activating group) is 1. The summed E-state index contributed by atoms with van der Waals surface area (Å²) in [5.74, 6) is 0.545. The lowest BCUT2D eigenvalue weighted by Crippen LogP contribution is -2.32. The predicted molar refractivity (Wildman–Crippen MR) is 129 cm³/mol. The monoisotopic (exact) mass is 445 g/mol. The molecule has 0 amide bonds. The molecule has 8 nitrogen and oxygen atoms in total. The lowest BCUT2D eigenvalue weighted by molar-refractivity contribution is 0.104. The molecule has 4 N–H and O–H groups in total. The number of allylic oxidation sites excluding steroid dienone is 2. The first-order chi connectivity index (χ1) is 15.8. The molecule has 0 aliphatic heterocycles. The van der Waals surface area contributed by atoms with Crippen molar-refractivity contribution in [3.05, 3.63) is 72.0 Å². The smallest absolute Gasteiger partial charge is 0.219 e. The fourth-order valence-electron chi connectivity index (χ4n) is 4.08. The molecule has 1 aliphatic carbocycles. The molecule has 0 spiro atoms. The number of hydrogen-bond acceptors (Lipinski definition) is 7. The molecule has 0 radical (unpaired) electrons. The summed E-state index contributed by atoms with van der Waals surface area (Å²) in [7, 11) is 4.02. The topological polar surface area (TPSA) is 116 Å². The maximum atomic E-state index is 12.9. The standard InChI is InChI=1S/C25H31N7O/c1-25(21-8-9-21,20-6-4-17(5-7-20)18-13-28-24(27)29-14-18)23(26)12-22(33)19-15-30-32(16-19)11-10-31(2)3/h4-7,12-16,21H,8-11,26H2,1-3H3,(H2,27,28,29)/t25-/m1/s1. The van der Waals surface area contributed by atoms with E-state index in [0.717, 1.165) is 42.6 Å². The van der Waals surface area contributed by atoms with Crippen LogP contribution in [0.2, 0.25) is 0 Å². The number of nitrogen functional groups attached to an aromatic ring is 1. The molecule has 0 saturated heterocycles. The fraction of sp³-hybridized carbons (Fsp3) is 0.360. The minimum absolute atomic E-state index is 0.119. The molecule has 0 unspecified atom stereocenters. The number of carbonyl (C=O) groups is 1. The zero-order valence-electron chi connectivity index (χ0n) is 19.4. The van der Waals surface area contributed by atoms with Crippen LogP contribution in [0.25, 0.3) is 11.1 Å². The fourth-order valence-corrected chi connectivity index (χ4v) is 4.08. The molecule has 2 heterocycles. The third-order valence-corrected chi connectivity index (χ3v) is 6.46. The highest BCUT2D eigenvalue weighted by molar-refractivity contribution is 6.04. The van der Waals surface area contributed by atoms with Crippen molar-refractivity contribution in [2.75, 3.05) is 26.4 Å². The summed E-state index contributed by atoms with van der Waals surface area (Å²) in [6.45, 7) is 3.71. The molecule has 1 fully saturated rings. The third-order valence-electron chi connectivity index (χ3n) is 6.46. The van der Waals surface area contributed by atoms with E-state index in [0.29, 0.717) is 17.2 Å². The van der Waals surface area contributed by atoms with E-state index in [4.69, 9.17) is 11.5 Å². The van der Waals surface area contributed by atoms with Crippen molar-refractivity contribution >= 4 is 11.7 Å². The maximum Gasteiger partial charge on any atom is 0.219 e. The van der Waals surface area contributed by atoms with Gasteiger partial charge in [0.05, 0.1) is 18.3 Å². The summed E-state index contributed by atoms with van der Waals surface area (Å²) in [5.41, 5.74) is 15.9. The van der Waals surface area contributed by atoms with E-state index in [1.807, 2.05) is 26.2 Å². The van der Waals surface area contributed by atoms with E-state index in [-0.39, 0.29) is 11.7 Å². The Bertz CT molecular complexity index is 1140. The van der Waals surface area contributed by atoms with Gasteiger partial charge in [0.1, 0.15) is 0 Å². The Morgan fingerprint density at radius 2 is 1.82 bits per heavy atom. The largest absolute Gasteiger partial charge is 0.401 e. The van der Waals surface area contributed by atoms with E-state index in [2.05, 4.69) is 39.0 Å². The highest BCUT2D eigenvalue weighted by Crippen LogP contribution is 2.50. The SMILES string of the molecule is CN(C)CCn1cc(C(=O)C=C(N)[C@](C)(c2ccc(-c3cnc(N)nc3)cc2)C2CC2)cn1. The Kier molecular flexibility index (Phi) is 6.29. The third kappa shape index (κ3) is 4.96. The second kappa shape index (κ2) is 9.15. The van der Waals surface area contributed by atoms with Gasteiger partial charge in [-0.05, 0) is 50.9 Å². The molecule has 8 heteroatoms. The van der Waals surface area contributed by atoms with Crippen LogP contribution in [-0.4, -0.2) is 51.1 Å². The average molecular weight is 446 g/mol. The van der Waals surface area contributed by atoms with Crippen LogP contribution in [0.15, 0.2) is 60.8 Å². The van der Waals surface area contributed by atoms with Crippen molar-refractivity contribution in [1.29, 1.82) is 0 Å². The van der Waals surface area contributed by atoms with Crippen LogP contribution >= 0.6 is 0 Å². The second-order valence-corrected chi connectivity index (χ2v) is 9.14. The highest BCUT2D eigenvalue weighted by atomic mass is 16.1. The number of nitrogens with zero attached hydrogens (tertiary/aromatic N) is 5. The van der Waals surface area contributed by atoms with Crippen LogP contribution in [0.1, 0.15) is 35.7 Å². The molecular formula is C25H31N7O. The summed E-state index contributed by atoms with van der Waals surface area (Å²) in [5, 5.41) is 4.31. The summed E-state index contributed by atoms with van der Waals surface area (Å²) >= 11 is 0. The minimum Gasteiger partial charge on any atom is -0.401 e. The van der Waals surface area contributed by atoms with Crippen LogP contribution < -0.4 is 11.5 Å². The minimum atomic E-state index is -0.410. The van der Waals surface area contributed by atoms with Gasteiger partial charge in [0.15, 0.2) is 5.78 Å². The zero-order chi connectivity index (χ0) is 23.6. The Balaban J connectivity index is 1.56. The molecule has 3 aromatic rings. The highest BCUT2D eigenvalue weighted by Gasteiger charge is 2.45. The first kappa shape index (κ1) is 22.7. The Hall–Kier alpha value is -3.52. The zero-order valence-corrected chi connectivity index (χ0v) is 19.4. The summed E-state index contributed by atoms with van der Waals surface area (Å²) in [6.07, 6.45) is 10.6. The van der Waals surface area contributed by atoms with Crippen molar-refractivity contribution in [2.24, 2.45) is 11.7 Å². The van der Waals surface area contributed by atoms with Crippen molar-refractivity contribution in [3.8, 4) is 11.1 Å². The summed E-state index contributed by atoms with van der Waals surface area (Å²) in [4.78, 5) is 23.2. The van der Waals surface area contributed by atoms with Crippen molar-refractivity contribution in [2.45, 2.75) is 31.7 Å². The molecular weight excluding hydrogens is 414 g/mol. The second-order valence-electron chi connectivity index (χ2n) is 9.14. The Labute approximate surface area is 194 Å². The molecule has 1 aromatic carbocycles. The molecule has 0 bridgehead atoms.